The molecule has 1 N–H and O–H groups in total. The van der Waals surface area contributed by atoms with Crippen LogP contribution in [0.25, 0.3) is 0 Å². The van der Waals surface area contributed by atoms with Gasteiger partial charge >= 0.3 is 0 Å². The van der Waals surface area contributed by atoms with Gasteiger partial charge in [-0.25, -0.2) is 0 Å². The molecule has 13 heavy (non-hydrogen) atoms. The molecule has 3 atom stereocenters. The van der Waals surface area contributed by atoms with E-state index < -0.39 is 6.10 Å². The minimum absolute atomic E-state index is 0.272. The summed E-state index contributed by atoms with van der Waals surface area (Å²) in [5, 5.41) is 17.9. The van der Waals surface area contributed by atoms with Crippen LogP contribution < -0.4 is 0 Å². The van der Waals surface area contributed by atoms with Crippen molar-refractivity contribution in [3.05, 3.63) is 0 Å². The summed E-state index contributed by atoms with van der Waals surface area (Å²) in [7, 11) is 0. The second kappa shape index (κ2) is 3.65. The zero-order chi connectivity index (χ0) is 9.26. The van der Waals surface area contributed by atoms with E-state index in [1.807, 2.05) is 6.07 Å². The normalized spacial score (nSPS) is 34.8. The zero-order valence-corrected chi connectivity index (χ0v) is 7.82. The molecule has 1 aliphatic heterocycles. The van der Waals surface area contributed by atoms with Gasteiger partial charge in [-0.05, 0) is 25.2 Å². The highest BCUT2D eigenvalue weighted by molar-refractivity contribution is 4.93. The average Bonchev–Trinajstić information content (AvgIpc) is 2.65. The molecule has 3 heteroatoms. The summed E-state index contributed by atoms with van der Waals surface area (Å²) in [5.74, 6) is 0.874. The largest absolute Gasteiger partial charge is 0.391 e. The lowest BCUT2D eigenvalue weighted by Gasteiger charge is -2.28. The molecule has 3 nitrogen and oxygen atoms in total. The highest BCUT2D eigenvalue weighted by Crippen LogP contribution is 2.37. The Bertz CT molecular complexity index is 223. The van der Waals surface area contributed by atoms with Crippen molar-refractivity contribution in [3.8, 4) is 6.07 Å². The second-order valence-corrected chi connectivity index (χ2v) is 4.30. The van der Waals surface area contributed by atoms with E-state index in [2.05, 4.69) is 4.90 Å². The molecule has 0 aromatic carbocycles. The molecule has 2 rings (SSSR count). The number of piperidine rings is 1. The summed E-state index contributed by atoms with van der Waals surface area (Å²) in [5.41, 5.74) is 0. The van der Waals surface area contributed by atoms with Crippen LogP contribution >= 0.6 is 0 Å². The summed E-state index contributed by atoms with van der Waals surface area (Å²) in [6.07, 6.45) is 3.82. The molecule has 1 saturated carbocycles. The fourth-order valence-electron chi connectivity index (χ4n) is 2.69. The number of aliphatic hydroxyl groups is 1. The standard InChI is InChI=1S/C10H16N2O/c11-4-3-10(13)7-12-6-8-1-2-9(12)5-8/h8-10,13H,1-3,5-7H2/t8?,9?,10-/m1/s1. The van der Waals surface area contributed by atoms with Crippen molar-refractivity contribution < 1.29 is 5.11 Å². The van der Waals surface area contributed by atoms with Crippen molar-refractivity contribution in [3.63, 3.8) is 0 Å². The highest BCUT2D eigenvalue weighted by atomic mass is 16.3. The number of likely N-dealkylation sites (tertiary alicyclic amines) is 1. The van der Waals surface area contributed by atoms with Gasteiger partial charge in [0, 0.05) is 19.1 Å². The van der Waals surface area contributed by atoms with E-state index in [-0.39, 0.29) is 6.42 Å². The fraction of sp³-hybridized carbons (Fsp3) is 0.900. The van der Waals surface area contributed by atoms with Crippen molar-refractivity contribution >= 4 is 0 Å². The van der Waals surface area contributed by atoms with Crippen molar-refractivity contribution in [2.45, 2.75) is 37.8 Å². The molecule has 2 unspecified atom stereocenters. The van der Waals surface area contributed by atoms with Crippen LogP contribution in [-0.2, 0) is 0 Å². The van der Waals surface area contributed by atoms with Crippen LogP contribution in [0.5, 0.6) is 0 Å². The first-order valence-electron chi connectivity index (χ1n) is 5.08. The SMILES string of the molecule is N#CC[C@@H](O)CN1CC2CCC1C2. The maximum atomic E-state index is 9.47. The number of aliphatic hydroxyl groups excluding tert-OH is 1. The fourth-order valence-corrected chi connectivity index (χ4v) is 2.69. The lowest BCUT2D eigenvalue weighted by molar-refractivity contribution is 0.0975. The van der Waals surface area contributed by atoms with Gasteiger partial charge in [0.1, 0.15) is 0 Å². The number of nitrogens with zero attached hydrogens (tertiary/aromatic N) is 2. The van der Waals surface area contributed by atoms with Gasteiger partial charge in [-0.3, -0.25) is 4.90 Å². The monoisotopic (exact) mass is 180 g/mol. The molecule has 0 radical (unpaired) electrons. The smallest absolute Gasteiger partial charge is 0.0796 e. The lowest BCUT2D eigenvalue weighted by Crippen LogP contribution is -2.38. The van der Waals surface area contributed by atoms with E-state index in [0.717, 1.165) is 12.5 Å². The van der Waals surface area contributed by atoms with Gasteiger partial charge in [0.2, 0.25) is 0 Å². The molecule has 0 spiro atoms. The molecule has 1 heterocycles. The van der Waals surface area contributed by atoms with E-state index in [4.69, 9.17) is 5.26 Å². The molecule has 72 valence electrons. The highest BCUT2D eigenvalue weighted by Gasteiger charge is 2.37. The Labute approximate surface area is 79.0 Å². The summed E-state index contributed by atoms with van der Waals surface area (Å²) >= 11 is 0. The van der Waals surface area contributed by atoms with E-state index in [0.29, 0.717) is 12.6 Å². The molecule has 2 bridgehead atoms. The van der Waals surface area contributed by atoms with Gasteiger partial charge in [0.15, 0.2) is 0 Å². The molecule has 0 aromatic rings. The second-order valence-electron chi connectivity index (χ2n) is 4.30. The van der Waals surface area contributed by atoms with Crippen LogP contribution in [0.4, 0.5) is 0 Å². The lowest BCUT2D eigenvalue weighted by atomic mass is 10.1. The number of hydrogen-bond donors (Lipinski definition) is 1. The Morgan fingerprint density at radius 2 is 2.38 bits per heavy atom. The maximum Gasteiger partial charge on any atom is 0.0796 e. The molecule has 2 aliphatic rings. The van der Waals surface area contributed by atoms with E-state index in [9.17, 15) is 5.11 Å². The third-order valence-corrected chi connectivity index (χ3v) is 3.29. The Morgan fingerprint density at radius 3 is 2.92 bits per heavy atom. The molecule has 1 saturated heterocycles. The number of fused-ring (bicyclic) bond motifs is 2. The Kier molecular flexibility index (Phi) is 2.52. The van der Waals surface area contributed by atoms with Gasteiger partial charge < -0.3 is 5.11 Å². The summed E-state index contributed by atoms with van der Waals surface area (Å²) in [6.45, 7) is 1.85. The van der Waals surface area contributed by atoms with Crippen molar-refractivity contribution in [1.82, 2.24) is 4.90 Å². The average molecular weight is 180 g/mol. The van der Waals surface area contributed by atoms with Gasteiger partial charge in [0.25, 0.3) is 0 Å². The first-order valence-corrected chi connectivity index (χ1v) is 5.08. The van der Waals surface area contributed by atoms with E-state index in [1.165, 1.54) is 19.3 Å². The van der Waals surface area contributed by atoms with Crippen LogP contribution in [0.2, 0.25) is 0 Å². The number of β-amino-alcohol motifs (C(OH)–C–C–N with tert-alkyl or cyclic N) is 1. The molecular weight excluding hydrogens is 164 g/mol. The molecular formula is C10H16N2O. The Morgan fingerprint density at radius 1 is 1.54 bits per heavy atom. The van der Waals surface area contributed by atoms with Gasteiger partial charge in [-0.2, -0.15) is 5.26 Å². The van der Waals surface area contributed by atoms with Gasteiger partial charge in [0.05, 0.1) is 18.6 Å². The topological polar surface area (TPSA) is 47.3 Å². The predicted molar refractivity (Wildman–Crippen MR) is 48.9 cm³/mol. The number of hydrogen-bond acceptors (Lipinski definition) is 3. The van der Waals surface area contributed by atoms with Crippen LogP contribution in [0, 0.1) is 17.2 Å². The quantitative estimate of drug-likeness (QED) is 0.697. The van der Waals surface area contributed by atoms with E-state index in [1.54, 1.807) is 0 Å². The van der Waals surface area contributed by atoms with Crippen LogP contribution in [0.3, 0.4) is 0 Å². The summed E-state index contributed by atoms with van der Waals surface area (Å²) in [6, 6.07) is 2.72. The minimum Gasteiger partial charge on any atom is -0.391 e. The third-order valence-electron chi connectivity index (χ3n) is 3.29. The number of nitriles is 1. The summed E-state index contributed by atoms with van der Waals surface area (Å²) in [4.78, 5) is 2.36. The number of rotatable bonds is 3. The van der Waals surface area contributed by atoms with Crippen molar-refractivity contribution in [2.24, 2.45) is 5.92 Å². The minimum atomic E-state index is -0.440. The van der Waals surface area contributed by atoms with Gasteiger partial charge in [-0.1, -0.05) is 0 Å². The Balaban J connectivity index is 1.80. The predicted octanol–water partition coefficient (Wildman–Crippen LogP) is 0.745. The molecule has 0 aromatic heterocycles. The first-order chi connectivity index (χ1) is 6.29. The third kappa shape index (κ3) is 1.84. The van der Waals surface area contributed by atoms with Crippen LogP contribution in [0.1, 0.15) is 25.7 Å². The molecule has 0 amide bonds. The van der Waals surface area contributed by atoms with Crippen LogP contribution in [-0.4, -0.2) is 35.2 Å². The Hall–Kier alpha value is -0.590. The molecule has 2 fully saturated rings. The van der Waals surface area contributed by atoms with E-state index >= 15 is 0 Å². The first kappa shape index (κ1) is 8.98. The zero-order valence-electron chi connectivity index (χ0n) is 7.82. The van der Waals surface area contributed by atoms with Crippen molar-refractivity contribution in [1.29, 1.82) is 5.26 Å². The van der Waals surface area contributed by atoms with Gasteiger partial charge in [-0.15, -0.1) is 0 Å². The summed E-state index contributed by atoms with van der Waals surface area (Å²) < 4.78 is 0. The molecule has 1 aliphatic carbocycles. The van der Waals surface area contributed by atoms with Crippen LogP contribution in [0.15, 0.2) is 0 Å². The maximum absolute atomic E-state index is 9.47. The van der Waals surface area contributed by atoms with Crippen molar-refractivity contribution in [2.75, 3.05) is 13.1 Å².